The standard InChI is InChI=1S/C17H24Br2N2O2/c1-17(2,3)23-16(22)21-8-4-5-12(11-21)10-20-15-9-13(18)6-7-14(15)19/h6-7,9,12,20H,4-5,8,10-11H2,1-3H3. The monoisotopic (exact) mass is 446 g/mol. The Labute approximate surface area is 155 Å². The Morgan fingerprint density at radius 1 is 1.39 bits per heavy atom. The number of nitrogens with zero attached hydrogens (tertiary/aromatic N) is 1. The van der Waals surface area contributed by atoms with Gasteiger partial charge in [0.15, 0.2) is 0 Å². The van der Waals surface area contributed by atoms with Crippen LogP contribution in [0.4, 0.5) is 10.5 Å². The first-order valence-electron chi connectivity index (χ1n) is 7.91. The van der Waals surface area contributed by atoms with E-state index in [0.29, 0.717) is 5.92 Å². The molecular weight excluding hydrogens is 424 g/mol. The van der Waals surface area contributed by atoms with Crippen molar-refractivity contribution in [3.05, 3.63) is 27.1 Å². The van der Waals surface area contributed by atoms with Crippen LogP contribution in [0.1, 0.15) is 33.6 Å². The summed E-state index contributed by atoms with van der Waals surface area (Å²) in [5.74, 6) is 0.433. The van der Waals surface area contributed by atoms with E-state index in [4.69, 9.17) is 4.74 Å². The predicted octanol–water partition coefficient (Wildman–Crippen LogP) is 5.27. The molecule has 1 unspecified atom stereocenters. The van der Waals surface area contributed by atoms with Gasteiger partial charge in [0, 0.05) is 34.3 Å². The van der Waals surface area contributed by atoms with E-state index in [0.717, 1.165) is 47.1 Å². The van der Waals surface area contributed by atoms with Crippen molar-refractivity contribution in [1.82, 2.24) is 4.90 Å². The highest BCUT2D eigenvalue weighted by atomic mass is 79.9. The summed E-state index contributed by atoms with van der Waals surface area (Å²) in [5.41, 5.74) is 0.623. The first-order chi connectivity index (χ1) is 10.7. The Kier molecular flexibility index (Phi) is 6.37. The molecule has 1 aliphatic heterocycles. The number of hydrogen-bond acceptors (Lipinski definition) is 3. The van der Waals surface area contributed by atoms with E-state index in [1.54, 1.807) is 0 Å². The maximum Gasteiger partial charge on any atom is 0.410 e. The van der Waals surface area contributed by atoms with Crippen LogP contribution in [0.5, 0.6) is 0 Å². The number of benzene rings is 1. The number of anilines is 1. The molecule has 2 rings (SSSR count). The van der Waals surface area contributed by atoms with Gasteiger partial charge in [0.1, 0.15) is 5.60 Å². The SMILES string of the molecule is CC(C)(C)OC(=O)N1CCCC(CNc2cc(Br)ccc2Br)C1. The molecule has 0 spiro atoms. The molecule has 0 aliphatic carbocycles. The maximum atomic E-state index is 12.2. The number of carbonyl (C=O) groups excluding carboxylic acids is 1. The number of piperidine rings is 1. The fraction of sp³-hybridized carbons (Fsp3) is 0.588. The van der Waals surface area contributed by atoms with Crippen LogP contribution in [0.3, 0.4) is 0 Å². The van der Waals surface area contributed by atoms with E-state index in [9.17, 15) is 4.79 Å². The molecule has 1 atom stereocenters. The molecule has 1 amide bonds. The van der Waals surface area contributed by atoms with Gasteiger partial charge in [-0.25, -0.2) is 4.79 Å². The van der Waals surface area contributed by atoms with Gasteiger partial charge in [0.25, 0.3) is 0 Å². The Balaban J connectivity index is 1.89. The number of halogens is 2. The van der Waals surface area contributed by atoms with Gasteiger partial charge in [-0.2, -0.15) is 0 Å². The number of rotatable bonds is 3. The van der Waals surface area contributed by atoms with Gasteiger partial charge in [-0.3, -0.25) is 0 Å². The molecule has 128 valence electrons. The minimum Gasteiger partial charge on any atom is -0.444 e. The maximum absolute atomic E-state index is 12.2. The van der Waals surface area contributed by atoms with Crippen molar-refractivity contribution >= 4 is 43.6 Å². The Hall–Kier alpha value is -0.750. The molecule has 1 aromatic carbocycles. The molecule has 0 radical (unpaired) electrons. The summed E-state index contributed by atoms with van der Waals surface area (Å²) in [6.07, 6.45) is 1.94. The predicted molar refractivity (Wildman–Crippen MR) is 101 cm³/mol. The molecule has 1 aromatic rings. The number of hydrogen-bond donors (Lipinski definition) is 1. The van der Waals surface area contributed by atoms with Gasteiger partial charge in [0.05, 0.1) is 0 Å². The molecule has 0 bridgehead atoms. The van der Waals surface area contributed by atoms with Crippen LogP contribution in [0.25, 0.3) is 0 Å². The Morgan fingerprint density at radius 2 is 2.13 bits per heavy atom. The largest absolute Gasteiger partial charge is 0.444 e. The van der Waals surface area contributed by atoms with Crippen LogP contribution in [-0.2, 0) is 4.74 Å². The van der Waals surface area contributed by atoms with Gasteiger partial charge in [-0.05, 0) is 73.7 Å². The van der Waals surface area contributed by atoms with Crippen molar-refractivity contribution in [2.24, 2.45) is 5.92 Å². The molecule has 23 heavy (non-hydrogen) atoms. The van der Waals surface area contributed by atoms with Crippen LogP contribution < -0.4 is 5.32 Å². The third-order valence-corrected chi connectivity index (χ3v) is 4.87. The second-order valence-electron chi connectivity index (χ2n) is 6.94. The van der Waals surface area contributed by atoms with E-state index in [2.05, 4.69) is 43.2 Å². The van der Waals surface area contributed by atoms with Crippen molar-refractivity contribution < 1.29 is 9.53 Å². The highest BCUT2D eigenvalue weighted by Gasteiger charge is 2.27. The van der Waals surface area contributed by atoms with E-state index < -0.39 is 5.60 Å². The van der Waals surface area contributed by atoms with Crippen molar-refractivity contribution in [1.29, 1.82) is 0 Å². The molecule has 1 fully saturated rings. The first kappa shape index (κ1) is 18.6. The molecule has 1 heterocycles. The third kappa shape index (κ3) is 5.99. The molecule has 4 nitrogen and oxygen atoms in total. The van der Waals surface area contributed by atoms with Gasteiger partial charge < -0.3 is 15.0 Å². The fourth-order valence-corrected chi connectivity index (χ4v) is 3.36. The lowest BCUT2D eigenvalue weighted by Gasteiger charge is -2.34. The Morgan fingerprint density at radius 3 is 2.83 bits per heavy atom. The zero-order valence-corrected chi connectivity index (χ0v) is 17.0. The van der Waals surface area contributed by atoms with Gasteiger partial charge in [0.2, 0.25) is 0 Å². The summed E-state index contributed by atoms with van der Waals surface area (Å²) in [4.78, 5) is 14.0. The van der Waals surface area contributed by atoms with E-state index in [-0.39, 0.29) is 6.09 Å². The molecular formula is C17H24Br2N2O2. The first-order valence-corrected chi connectivity index (χ1v) is 9.50. The Bertz CT molecular complexity index is 558. The zero-order chi connectivity index (χ0) is 17.0. The topological polar surface area (TPSA) is 41.6 Å². The summed E-state index contributed by atoms with van der Waals surface area (Å²) >= 11 is 7.04. The average Bonchev–Trinajstić information content (AvgIpc) is 2.47. The van der Waals surface area contributed by atoms with Crippen molar-refractivity contribution in [2.45, 2.75) is 39.2 Å². The van der Waals surface area contributed by atoms with Gasteiger partial charge in [-0.1, -0.05) is 15.9 Å². The second-order valence-corrected chi connectivity index (χ2v) is 8.71. The van der Waals surface area contributed by atoms with Crippen molar-refractivity contribution in [3.63, 3.8) is 0 Å². The normalized spacial score (nSPS) is 18.7. The van der Waals surface area contributed by atoms with Crippen LogP contribution in [-0.4, -0.2) is 36.2 Å². The summed E-state index contributed by atoms with van der Waals surface area (Å²) in [6.45, 7) is 8.07. The van der Waals surface area contributed by atoms with Gasteiger partial charge >= 0.3 is 6.09 Å². The summed E-state index contributed by atoms with van der Waals surface area (Å²) in [7, 11) is 0. The highest BCUT2D eigenvalue weighted by Crippen LogP contribution is 2.27. The van der Waals surface area contributed by atoms with Crippen LogP contribution in [0, 0.1) is 5.92 Å². The van der Waals surface area contributed by atoms with Crippen LogP contribution in [0.15, 0.2) is 27.1 Å². The van der Waals surface area contributed by atoms with E-state index >= 15 is 0 Å². The smallest absolute Gasteiger partial charge is 0.410 e. The van der Waals surface area contributed by atoms with Crippen LogP contribution in [0.2, 0.25) is 0 Å². The molecule has 1 N–H and O–H groups in total. The molecule has 1 aliphatic rings. The molecule has 0 saturated carbocycles. The van der Waals surface area contributed by atoms with Gasteiger partial charge in [-0.15, -0.1) is 0 Å². The number of carbonyl (C=O) groups is 1. The van der Waals surface area contributed by atoms with E-state index in [1.807, 2.05) is 37.8 Å². The zero-order valence-electron chi connectivity index (χ0n) is 13.9. The number of amides is 1. The molecule has 6 heteroatoms. The molecule has 1 saturated heterocycles. The minimum absolute atomic E-state index is 0.203. The lowest BCUT2D eigenvalue weighted by Crippen LogP contribution is -2.44. The lowest BCUT2D eigenvalue weighted by molar-refractivity contribution is 0.0172. The molecule has 0 aromatic heterocycles. The van der Waals surface area contributed by atoms with Crippen molar-refractivity contribution in [2.75, 3.05) is 25.0 Å². The average molecular weight is 448 g/mol. The van der Waals surface area contributed by atoms with Crippen LogP contribution >= 0.6 is 31.9 Å². The third-order valence-electron chi connectivity index (χ3n) is 3.68. The number of ether oxygens (including phenoxy) is 1. The quantitative estimate of drug-likeness (QED) is 0.685. The van der Waals surface area contributed by atoms with Crippen molar-refractivity contribution in [3.8, 4) is 0 Å². The summed E-state index contributed by atoms with van der Waals surface area (Å²) in [5, 5.41) is 3.48. The number of likely N-dealkylation sites (tertiary alicyclic amines) is 1. The minimum atomic E-state index is -0.441. The number of nitrogens with one attached hydrogen (secondary N) is 1. The highest BCUT2D eigenvalue weighted by molar-refractivity contribution is 9.11. The fourth-order valence-electron chi connectivity index (χ4n) is 2.61. The summed E-state index contributed by atoms with van der Waals surface area (Å²) in [6, 6.07) is 6.07. The van der Waals surface area contributed by atoms with E-state index in [1.165, 1.54) is 0 Å². The second kappa shape index (κ2) is 7.88. The lowest BCUT2D eigenvalue weighted by atomic mass is 9.98. The summed E-state index contributed by atoms with van der Waals surface area (Å²) < 4.78 is 7.56.